The molecule has 1 nitrogen and oxygen atoms in total. The number of halogens is 2. The van der Waals surface area contributed by atoms with E-state index < -0.39 is 11.6 Å². The van der Waals surface area contributed by atoms with E-state index in [4.69, 9.17) is 0 Å². The van der Waals surface area contributed by atoms with Crippen LogP contribution in [0.1, 0.15) is 74.2 Å². The summed E-state index contributed by atoms with van der Waals surface area (Å²) in [4.78, 5) is 12.6. The Morgan fingerprint density at radius 2 is 1.33 bits per heavy atom. The molecule has 0 atom stereocenters. The molecule has 2 aliphatic carbocycles. The second-order valence-electron chi connectivity index (χ2n) is 8.06. The maximum Gasteiger partial charge on any atom is 0.166 e. The number of Topliss-reactive ketones (excluding diaryl/α,β-unsaturated/α-hetero) is 1. The number of benzene rings is 1. The van der Waals surface area contributed by atoms with E-state index >= 15 is 0 Å². The lowest BCUT2D eigenvalue weighted by Gasteiger charge is -2.37. The standard InChI is InChI=1S/C21H28F2O/c1-13-3-5-15(6-4-13)16-7-9-17(10-8-16)21(24)18-11-19(22)14(2)20(23)12-18/h11-13,15-17H,3-10H2,1-2H3. The quantitative estimate of drug-likeness (QED) is 0.611. The molecular weight excluding hydrogens is 306 g/mol. The molecule has 24 heavy (non-hydrogen) atoms. The lowest BCUT2D eigenvalue weighted by Crippen LogP contribution is -2.28. The maximum atomic E-state index is 13.7. The zero-order valence-corrected chi connectivity index (χ0v) is 14.8. The van der Waals surface area contributed by atoms with Gasteiger partial charge in [0.05, 0.1) is 0 Å². The van der Waals surface area contributed by atoms with Gasteiger partial charge < -0.3 is 0 Å². The molecule has 0 bridgehead atoms. The molecule has 3 heteroatoms. The molecule has 0 radical (unpaired) electrons. The highest BCUT2D eigenvalue weighted by molar-refractivity contribution is 5.98. The third-order valence-electron chi connectivity index (χ3n) is 6.44. The molecule has 2 aliphatic rings. The second-order valence-corrected chi connectivity index (χ2v) is 8.06. The normalized spacial score (nSPS) is 31.0. The highest BCUT2D eigenvalue weighted by Crippen LogP contribution is 2.41. The summed E-state index contributed by atoms with van der Waals surface area (Å²) in [6, 6.07) is 2.41. The maximum absolute atomic E-state index is 13.7. The summed E-state index contributed by atoms with van der Waals surface area (Å²) in [6.45, 7) is 3.74. The van der Waals surface area contributed by atoms with Crippen LogP contribution in [0.15, 0.2) is 12.1 Å². The average molecular weight is 334 g/mol. The molecule has 0 unspecified atom stereocenters. The lowest BCUT2D eigenvalue weighted by atomic mass is 9.68. The molecule has 132 valence electrons. The first-order valence-electron chi connectivity index (χ1n) is 9.45. The molecule has 0 amide bonds. The first kappa shape index (κ1) is 17.6. The van der Waals surface area contributed by atoms with Gasteiger partial charge in [-0.15, -0.1) is 0 Å². The molecule has 0 saturated heterocycles. The number of hydrogen-bond donors (Lipinski definition) is 0. The van der Waals surface area contributed by atoms with Crippen LogP contribution in [0.25, 0.3) is 0 Å². The van der Waals surface area contributed by atoms with Crippen LogP contribution < -0.4 is 0 Å². The van der Waals surface area contributed by atoms with Crippen LogP contribution in [-0.2, 0) is 0 Å². The van der Waals surface area contributed by atoms with E-state index in [0.29, 0.717) is 0 Å². The first-order chi connectivity index (χ1) is 11.5. The van der Waals surface area contributed by atoms with Gasteiger partial charge in [0.2, 0.25) is 0 Å². The fourth-order valence-electron chi connectivity index (χ4n) is 4.63. The molecule has 0 heterocycles. The van der Waals surface area contributed by atoms with Crippen LogP contribution in [0, 0.1) is 42.2 Å². The van der Waals surface area contributed by atoms with Crippen molar-refractivity contribution < 1.29 is 13.6 Å². The molecule has 0 aromatic heterocycles. The monoisotopic (exact) mass is 334 g/mol. The number of hydrogen-bond acceptors (Lipinski definition) is 1. The van der Waals surface area contributed by atoms with Crippen molar-refractivity contribution in [3.05, 3.63) is 34.9 Å². The summed E-state index contributed by atoms with van der Waals surface area (Å²) in [5, 5.41) is 0. The molecule has 3 rings (SSSR count). The summed E-state index contributed by atoms with van der Waals surface area (Å²) in [5.74, 6) is 1.05. The van der Waals surface area contributed by atoms with Gasteiger partial charge in [-0.3, -0.25) is 4.79 Å². The Hall–Kier alpha value is -1.25. The third-order valence-corrected chi connectivity index (χ3v) is 6.44. The van der Waals surface area contributed by atoms with Crippen molar-refractivity contribution in [2.45, 2.75) is 65.2 Å². The number of carbonyl (C=O) groups excluding carboxylic acids is 1. The van der Waals surface area contributed by atoms with E-state index in [1.54, 1.807) is 0 Å². The highest BCUT2D eigenvalue weighted by Gasteiger charge is 2.32. The van der Waals surface area contributed by atoms with Crippen LogP contribution in [0.4, 0.5) is 8.78 Å². The zero-order chi connectivity index (χ0) is 17.3. The van der Waals surface area contributed by atoms with Crippen LogP contribution in [-0.4, -0.2) is 5.78 Å². The number of ketones is 1. The van der Waals surface area contributed by atoms with Gasteiger partial charge in [-0.25, -0.2) is 8.78 Å². The predicted octanol–water partition coefficient (Wildman–Crippen LogP) is 6.09. The first-order valence-corrected chi connectivity index (χ1v) is 9.45. The van der Waals surface area contributed by atoms with Gasteiger partial charge in [-0.2, -0.15) is 0 Å². The zero-order valence-electron chi connectivity index (χ0n) is 14.8. The Kier molecular flexibility index (Phi) is 5.36. The van der Waals surface area contributed by atoms with Crippen LogP contribution in [0.5, 0.6) is 0 Å². The SMILES string of the molecule is Cc1c(F)cc(C(=O)C2CCC(C3CCC(C)CC3)CC2)cc1F. The summed E-state index contributed by atoms with van der Waals surface area (Å²) in [7, 11) is 0. The van der Waals surface area contributed by atoms with Gasteiger partial charge in [0, 0.05) is 17.0 Å². The van der Waals surface area contributed by atoms with E-state index in [-0.39, 0.29) is 22.8 Å². The Morgan fingerprint density at radius 1 is 0.875 bits per heavy atom. The molecular formula is C21H28F2O. The fraction of sp³-hybridized carbons (Fsp3) is 0.667. The number of carbonyl (C=O) groups is 1. The van der Waals surface area contributed by atoms with Gasteiger partial charge in [0.25, 0.3) is 0 Å². The van der Waals surface area contributed by atoms with E-state index in [1.165, 1.54) is 44.7 Å². The predicted molar refractivity (Wildman–Crippen MR) is 92.0 cm³/mol. The van der Waals surface area contributed by atoms with Crippen molar-refractivity contribution in [1.29, 1.82) is 0 Å². The highest BCUT2D eigenvalue weighted by atomic mass is 19.1. The summed E-state index contributed by atoms with van der Waals surface area (Å²) in [6.07, 6.45) is 9.26. The Morgan fingerprint density at radius 3 is 1.83 bits per heavy atom. The summed E-state index contributed by atoms with van der Waals surface area (Å²) in [5.41, 5.74) is 0.187. The molecule has 0 N–H and O–H groups in total. The van der Waals surface area contributed by atoms with Crippen molar-refractivity contribution in [2.24, 2.45) is 23.7 Å². The van der Waals surface area contributed by atoms with Gasteiger partial charge in [-0.05, 0) is 75.3 Å². The van der Waals surface area contributed by atoms with Gasteiger partial charge in [0.15, 0.2) is 5.78 Å². The fourth-order valence-corrected chi connectivity index (χ4v) is 4.63. The minimum Gasteiger partial charge on any atom is -0.294 e. The largest absolute Gasteiger partial charge is 0.294 e. The Bertz CT molecular complexity index is 571. The summed E-state index contributed by atoms with van der Waals surface area (Å²) < 4.78 is 27.4. The van der Waals surface area contributed by atoms with Crippen molar-refractivity contribution in [1.82, 2.24) is 0 Å². The molecule has 1 aromatic rings. The molecule has 0 spiro atoms. The second kappa shape index (κ2) is 7.33. The van der Waals surface area contributed by atoms with Crippen LogP contribution in [0.2, 0.25) is 0 Å². The number of rotatable bonds is 3. The lowest BCUT2D eigenvalue weighted by molar-refractivity contribution is 0.0831. The van der Waals surface area contributed by atoms with Crippen molar-refractivity contribution >= 4 is 5.78 Å². The Balaban J connectivity index is 1.59. The molecule has 1 aromatic carbocycles. The van der Waals surface area contributed by atoms with E-state index in [9.17, 15) is 13.6 Å². The van der Waals surface area contributed by atoms with Crippen molar-refractivity contribution in [3.8, 4) is 0 Å². The smallest absolute Gasteiger partial charge is 0.166 e. The minimum atomic E-state index is -0.622. The minimum absolute atomic E-state index is 0.0122. The van der Waals surface area contributed by atoms with Crippen LogP contribution in [0.3, 0.4) is 0 Å². The molecule has 2 saturated carbocycles. The molecule has 2 fully saturated rings. The van der Waals surface area contributed by atoms with E-state index in [1.807, 2.05) is 0 Å². The van der Waals surface area contributed by atoms with E-state index in [0.717, 1.165) is 43.4 Å². The van der Waals surface area contributed by atoms with Crippen LogP contribution >= 0.6 is 0 Å². The van der Waals surface area contributed by atoms with Gasteiger partial charge in [-0.1, -0.05) is 19.8 Å². The third kappa shape index (κ3) is 3.70. The average Bonchev–Trinajstić information content (AvgIpc) is 2.59. The summed E-state index contributed by atoms with van der Waals surface area (Å²) >= 11 is 0. The van der Waals surface area contributed by atoms with Gasteiger partial charge in [0.1, 0.15) is 11.6 Å². The Labute approximate surface area is 143 Å². The van der Waals surface area contributed by atoms with Crippen molar-refractivity contribution in [2.75, 3.05) is 0 Å². The molecule has 0 aliphatic heterocycles. The van der Waals surface area contributed by atoms with Crippen molar-refractivity contribution in [3.63, 3.8) is 0 Å². The topological polar surface area (TPSA) is 17.1 Å². The van der Waals surface area contributed by atoms with Gasteiger partial charge >= 0.3 is 0 Å². The van der Waals surface area contributed by atoms with E-state index in [2.05, 4.69) is 6.92 Å².